The first-order valence-corrected chi connectivity index (χ1v) is 9.02. The summed E-state index contributed by atoms with van der Waals surface area (Å²) in [5.41, 5.74) is 0. The first-order valence-electron chi connectivity index (χ1n) is 9.02. The zero-order valence-corrected chi connectivity index (χ0v) is 21.1. The third-order valence-corrected chi connectivity index (χ3v) is 3.94. The molecule has 3 nitrogen and oxygen atoms in total. The summed E-state index contributed by atoms with van der Waals surface area (Å²) < 4.78 is 1.42. The molecule has 0 aromatic carbocycles. The van der Waals surface area contributed by atoms with E-state index >= 15 is 0 Å². The van der Waals surface area contributed by atoms with E-state index in [2.05, 4.69) is 27.7 Å². The Bertz CT molecular complexity index is 200. The number of aliphatic carboxylic acids is 1. The van der Waals surface area contributed by atoms with Crippen molar-refractivity contribution in [2.75, 3.05) is 26.2 Å². The molecule has 0 radical (unpaired) electrons. The Labute approximate surface area is 168 Å². The van der Waals surface area contributed by atoms with Crippen molar-refractivity contribution in [1.82, 2.24) is 0 Å². The molecule has 0 aliphatic carbocycles. The minimum atomic E-state index is -0.833. The third-order valence-electron chi connectivity index (χ3n) is 3.94. The van der Waals surface area contributed by atoms with Gasteiger partial charge in [0.25, 0.3) is 5.97 Å². The summed E-state index contributed by atoms with van der Waals surface area (Å²) in [6.45, 7) is 16.1. The maximum absolute atomic E-state index is 9.00. The number of carboxylic acid groups (broad SMARTS) is 1. The molecule has 23 heavy (non-hydrogen) atoms. The Morgan fingerprint density at radius 1 is 0.739 bits per heavy atom. The zero-order chi connectivity index (χ0) is 16.6. The van der Waals surface area contributed by atoms with E-state index in [0.717, 1.165) is 6.92 Å². The Morgan fingerprint density at radius 2 is 0.913 bits per heavy atom. The molecule has 0 bridgehead atoms. The van der Waals surface area contributed by atoms with Gasteiger partial charge in [0, 0.05) is 26.4 Å². The number of quaternary nitrogens is 1. The Balaban J connectivity index is -0.000000268. The van der Waals surface area contributed by atoms with E-state index in [-0.39, 0.29) is 36.5 Å². The van der Waals surface area contributed by atoms with Crippen molar-refractivity contribution in [2.24, 2.45) is 0 Å². The van der Waals surface area contributed by atoms with Crippen LogP contribution >= 0.6 is 17.0 Å². The second-order valence-corrected chi connectivity index (χ2v) is 6.17. The van der Waals surface area contributed by atoms with Crippen LogP contribution in [0.15, 0.2) is 0 Å². The molecule has 0 aromatic heterocycles. The predicted molar refractivity (Wildman–Crippen MR) is 103 cm³/mol. The number of hydrogen-bond donors (Lipinski definition) is 1. The van der Waals surface area contributed by atoms with Crippen LogP contribution in [0.5, 0.6) is 0 Å². The second-order valence-electron chi connectivity index (χ2n) is 6.17. The van der Waals surface area contributed by atoms with Crippen LogP contribution in [0, 0.1) is 0 Å². The fourth-order valence-electron chi connectivity index (χ4n) is 2.64. The maximum Gasteiger partial charge on any atom is 0.300 e. The number of rotatable bonds is 12. The summed E-state index contributed by atoms with van der Waals surface area (Å²) in [7, 11) is 0. The van der Waals surface area contributed by atoms with Crippen molar-refractivity contribution < 1.29 is 33.9 Å². The Hall–Kier alpha value is 0.533. The minimum absolute atomic E-state index is 0. The predicted octanol–water partition coefficient (Wildman–Crippen LogP) is 5.67. The molecule has 0 aliphatic heterocycles. The smallest absolute Gasteiger partial charge is 0.300 e. The molecule has 0 aliphatic rings. The summed E-state index contributed by atoms with van der Waals surface area (Å²) >= 11 is 0. The van der Waals surface area contributed by atoms with E-state index in [1.807, 2.05) is 0 Å². The van der Waals surface area contributed by atoms with Crippen LogP contribution in [0.2, 0.25) is 0 Å². The van der Waals surface area contributed by atoms with Crippen molar-refractivity contribution in [3.63, 3.8) is 0 Å². The number of hydrogen-bond acceptors (Lipinski definition) is 1. The van der Waals surface area contributed by atoms with Gasteiger partial charge in [-0.3, -0.25) is 4.79 Å². The van der Waals surface area contributed by atoms with Gasteiger partial charge in [0.1, 0.15) is 0 Å². The molecule has 0 aromatic rings. The molecular formula is C18H41BrNO2Zn+. The van der Waals surface area contributed by atoms with Gasteiger partial charge in [-0.25, -0.2) is 0 Å². The summed E-state index contributed by atoms with van der Waals surface area (Å²) in [5.74, 6) is -0.833. The number of halogens is 1. The van der Waals surface area contributed by atoms with E-state index in [9.17, 15) is 0 Å². The van der Waals surface area contributed by atoms with Gasteiger partial charge in [-0.2, -0.15) is 0 Å². The van der Waals surface area contributed by atoms with Crippen LogP contribution in [0.3, 0.4) is 0 Å². The van der Waals surface area contributed by atoms with Gasteiger partial charge in [0.05, 0.1) is 26.2 Å². The maximum atomic E-state index is 9.00. The quantitative estimate of drug-likeness (QED) is 0.308. The van der Waals surface area contributed by atoms with Gasteiger partial charge in [-0.05, 0) is 25.7 Å². The summed E-state index contributed by atoms with van der Waals surface area (Å²) in [6.07, 6.45) is 11.1. The zero-order valence-electron chi connectivity index (χ0n) is 16.4. The van der Waals surface area contributed by atoms with Crippen LogP contribution < -0.4 is 0 Å². The third kappa shape index (κ3) is 22.5. The van der Waals surface area contributed by atoms with Gasteiger partial charge in [0.2, 0.25) is 0 Å². The van der Waals surface area contributed by atoms with Crippen LogP contribution in [0.25, 0.3) is 0 Å². The molecule has 0 rings (SSSR count). The van der Waals surface area contributed by atoms with E-state index < -0.39 is 5.97 Å². The van der Waals surface area contributed by atoms with Crippen molar-refractivity contribution in [3.05, 3.63) is 0 Å². The Kier molecular flexibility index (Phi) is 30.7. The van der Waals surface area contributed by atoms with Gasteiger partial charge in [-0.15, -0.1) is 17.0 Å². The van der Waals surface area contributed by atoms with Gasteiger partial charge >= 0.3 is 0 Å². The summed E-state index contributed by atoms with van der Waals surface area (Å²) in [4.78, 5) is 9.00. The van der Waals surface area contributed by atoms with E-state index in [0.29, 0.717) is 0 Å². The minimum Gasteiger partial charge on any atom is -0.481 e. The van der Waals surface area contributed by atoms with Gasteiger partial charge in [-0.1, -0.05) is 53.4 Å². The molecule has 5 heteroatoms. The first kappa shape index (κ1) is 31.3. The number of carbonyl (C=O) groups is 1. The molecular weight excluding hydrogens is 407 g/mol. The largest absolute Gasteiger partial charge is 0.481 e. The summed E-state index contributed by atoms with van der Waals surface area (Å²) in [6, 6.07) is 0. The van der Waals surface area contributed by atoms with E-state index in [4.69, 9.17) is 9.90 Å². The first-order chi connectivity index (χ1) is 9.97. The Morgan fingerprint density at radius 3 is 1.04 bits per heavy atom. The standard InChI is InChI=1S/C16H36N.C2H4O2.BrH.Zn/c1-5-9-13-17(14-10-6-2,15-11-7-3)16-12-8-4;1-2(3)4;;/h5-16H2,1-4H3;1H3,(H,3,4);1H;/q+1;;;. The molecule has 0 amide bonds. The molecule has 1 N–H and O–H groups in total. The van der Waals surface area contributed by atoms with Crippen molar-refractivity contribution in [2.45, 2.75) is 86.0 Å². The van der Waals surface area contributed by atoms with Crippen LogP contribution in [-0.2, 0) is 24.3 Å². The molecule has 0 heterocycles. The van der Waals surface area contributed by atoms with Crippen molar-refractivity contribution in [3.8, 4) is 0 Å². The topological polar surface area (TPSA) is 37.3 Å². The average Bonchev–Trinajstić information content (AvgIpc) is 2.45. The second kappa shape index (κ2) is 22.5. The molecule has 0 atom stereocenters. The fourth-order valence-corrected chi connectivity index (χ4v) is 2.64. The molecule has 0 saturated heterocycles. The van der Waals surface area contributed by atoms with Gasteiger partial charge < -0.3 is 9.59 Å². The molecule has 0 fully saturated rings. The van der Waals surface area contributed by atoms with E-state index in [1.54, 1.807) is 0 Å². The molecule has 0 unspecified atom stereocenters. The van der Waals surface area contributed by atoms with Crippen molar-refractivity contribution >= 4 is 23.0 Å². The van der Waals surface area contributed by atoms with E-state index in [1.165, 1.54) is 82.0 Å². The van der Waals surface area contributed by atoms with Crippen LogP contribution in [0.4, 0.5) is 0 Å². The van der Waals surface area contributed by atoms with Crippen LogP contribution in [-0.4, -0.2) is 41.7 Å². The number of unbranched alkanes of at least 4 members (excludes halogenated alkanes) is 4. The SMILES string of the molecule is Br.CC(=O)O.CCCC[N+](CCCC)(CCCC)CCCC.[Zn]. The number of carboxylic acids is 1. The van der Waals surface area contributed by atoms with Crippen LogP contribution in [0.1, 0.15) is 86.0 Å². The van der Waals surface area contributed by atoms with Crippen molar-refractivity contribution in [1.29, 1.82) is 0 Å². The average molecular weight is 449 g/mol. The monoisotopic (exact) mass is 446 g/mol. The molecule has 0 spiro atoms. The summed E-state index contributed by atoms with van der Waals surface area (Å²) in [5, 5.41) is 7.42. The normalized spacial score (nSPS) is 9.96. The molecule has 138 valence electrons. The molecule has 0 saturated carbocycles. The number of nitrogens with zero attached hydrogens (tertiary/aromatic N) is 1. The fraction of sp³-hybridized carbons (Fsp3) is 0.944. The van der Waals surface area contributed by atoms with Gasteiger partial charge in [0.15, 0.2) is 0 Å².